The normalized spacial score (nSPS) is 24.4. The van der Waals surface area contributed by atoms with Crippen LogP contribution in [0, 0.1) is 0 Å². The molecule has 1 saturated heterocycles. The average molecular weight is 296 g/mol. The van der Waals surface area contributed by atoms with E-state index in [9.17, 15) is 0 Å². The monoisotopic (exact) mass is 295 g/mol. The third-order valence-corrected chi connectivity index (χ3v) is 3.74. The molecular formula is C13H18ClN5O. The number of aryl methyl sites for hydroxylation is 1. The zero-order chi connectivity index (χ0) is 14.3. The lowest BCUT2D eigenvalue weighted by Crippen LogP contribution is -2.45. The van der Waals surface area contributed by atoms with E-state index in [2.05, 4.69) is 33.8 Å². The first-order valence-electron chi connectivity index (χ1n) is 6.75. The van der Waals surface area contributed by atoms with Crippen molar-refractivity contribution in [3.05, 3.63) is 17.2 Å². The summed E-state index contributed by atoms with van der Waals surface area (Å²) in [6.07, 6.45) is 2.16. The van der Waals surface area contributed by atoms with Crippen LogP contribution in [0.3, 0.4) is 0 Å². The largest absolute Gasteiger partial charge is 0.373 e. The van der Waals surface area contributed by atoms with Crippen molar-refractivity contribution in [2.45, 2.75) is 32.6 Å². The smallest absolute Gasteiger partial charge is 0.162 e. The number of ether oxygens (including phenoxy) is 1. The zero-order valence-corrected chi connectivity index (χ0v) is 12.6. The minimum Gasteiger partial charge on any atom is -0.373 e. The van der Waals surface area contributed by atoms with Crippen molar-refractivity contribution in [1.29, 1.82) is 0 Å². The Morgan fingerprint density at radius 2 is 2.00 bits per heavy atom. The van der Waals surface area contributed by atoms with Crippen molar-refractivity contribution in [2.24, 2.45) is 7.05 Å². The van der Waals surface area contributed by atoms with Gasteiger partial charge in [0.05, 0.1) is 30.3 Å². The Morgan fingerprint density at radius 3 is 2.70 bits per heavy atom. The van der Waals surface area contributed by atoms with Gasteiger partial charge in [-0.1, -0.05) is 11.6 Å². The van der Waals surface area contributed by atoms with Crippen LogP contribution in [0.4, 0.5) is 0 Å². The predicted octanol–water partition coefficient (Wildman–Crippen LogP) is 1.63. The molecule has 0 spiro atoms. The molecule has 6 nitrogen and oxygen atoms in total. The van der Waals surface area contributed by atoms with Crippen LogP contribution >= 0.6 is 11.6 Å². The summed E-state index contributed by atoms with van der Waals surface area (Å²) in [6.45, 7) is 6.62. The molecule has 0 aromatic carbocycles. The van der Waals surface area contributed by atoms with Gasteiger partial charge in [-0.3, -0.25) is 9.58 Å². The van der Waals surface area contributed by atoms with E-state index in [1.807, 2.05) is 7.05 Å². The first-order valence-corrected chi connectivity index (χ1v) is 7.12. The molecule has 0 radical (unpaired) electrons. The van der Waals surface area contributed by atoms with Gasteiger partial charge in [0.2, 0.25) is 0 Å². The number of hydrogen-bond donors (Lipinski definition) is 0. The van der Waals surface area contributed by atoms with Gasteiger partial charge in [0.1, 0.15) is 11.0 Å². The second-order valence-corrected chi connectivity index (χ2v) is 5.75. The van der Waals surface area contributed by atoms with Crippen LogP contribution in [0.1, 0.15) is 19.7 Å². The summed E-state index contributed by atoms with van der Waals surface area (Å²) < 4.78 is 7.45. The Balaban J connectivity index is 1.85. The van der Waals surface area contributed by atoms with Crippen molar-refractivity contribution in [3.8, 4) is 0 Å². The summed E-state index contributed by atoms with van der Waals surface area (Å²) >= 11 is 6.20. The quantitative estimate of drug-likeness (QED) is 0.788. The second-order valence-electron chi connectivity index (χ2n) is 5.39. The number of fused-ring (bicyclic) bond motifs is 1. The second kappa shape index (κ2) is 5.27. The summed E-state index contributed by atoms with van der Waals surface area (Å²) in [4.78, 5) is 11.2. The minimum absolute atomic E-state index is 0.231. The highest BCUT2D eigenvalue weighted by Crippen LogP contribution is 2.20. The van der Waals surface area contributed by atoms with Crippen LogP contribution in [0.15, 0.2) is 6.20 Å². The number of rotatable bonds is 2. The standard InChI is InChI=1S/C13H18ClN5O/c1-8-5-19(6-9(2)20-8)7-11-16-12(14)10-4-15-18(3)13(10)17-11/h4,8-9H,5-7H2,1-3H3/t8-,9+. The molecule has 0 amide bonds. The van der Waals surface area contributed by atoms with E-state index in [0.29, 0.717) is 11.7 Å². The Kier molecular flexibility index (Phi) is 3.62. The first kappa shape index (κ1) is 13.7. The maximum Gasteiger partial charge on any atom is 0.162 e. The average Bonchev–Trinajstić information content (AvgIpc) is 2.70. The number of aromatic nitrogens is 4. The molecule has 0 aliphatic carbocycles. The topological polar surface area (TPSA) is 56.1 Å². The van der Waals surface area contributed by atoms with Crippen LogP contribution in [-0.2, 0) is 18.3 Å². The zero-order valence-electron chi connectivity index (χ0n) is 11.9. The van der Waals surface area contributed by atoms with Crippen molar-refractivity contribution >= 4 is 22.6 Å². The Labute approximate surface area is 122 Å². The molecule has 0 bridgehead atoms. The fourth-order valence-electron chi connectivity index (χ4n) is 2.71. The molecule has 20 heavy (non-hydrogen) atoms. The van der Waals surface area contributed by atoms with Gasteiger partial charge >= 0.3 is 0 Å². The van der Waals surface area contributed by atoms with Crippen molar-refractivity contribution in [1.82, 2.24) is 24.6 Å². The molecule has 2 atom stereocenters. The number of morpholine rings is 1. The van der Waals surface area contributed by atoms with Crippen molar-refractivity contribution in [3.63, 3.8) is 0 Å². The highest BCUT2D eigenvalue weighted by molar-refractivity contribution is 6.33. The lowest BCUT2D eigenvalue weighted by Gasteiger charge is -2.34. The SMILES string of the molecule is C[C@@H]1CN(Cc2nc(Cl)c3cnn(C)c3n2)C[C@H](C)O1. The molecule has 3 rings (SSSR count). The maximum atomic E-state index is 6.20. The molecular weight excluding hydrogens is 278 g/mol. The molecule has 0 N–H and O–H groups in total. The molecule has 1 fully saturated rings. The summed E-state index contributed by atoms with van der Waals surface area (Å²) in [5, 5.41) is 5.42. The van der Waals surface area contributed by atoms with Crippen LogP contribution < -0.4 is 0 Å². The minimum atomic E-state index is 0.231. The van der Waals surface area contributed by atoms with E-state index < -0.39 is 0 Å². The van der Waals surface area contributed by atoms with Gasteiger partial charge in [-0.2, -0.15) is 5.10 Å². The lowest BCUT2D eigenvalue weighted by atomic mass is 10.2. The van der Waals surface area contributed by atoms with Gasteiger partial charge in [-0.15, -0.1) is 0 Å². The van der Waals surface area contributed by atoms with E-state index in [0.717, 1.165) is 29.9 Å². The Morgan fingerprint density at radius 1 is 1.30 bits per heavy atom. The Hall–Kier alpha value is -1.24. The molecule has 2 aromatic rings. The fourth-order valence-corrected chi connectivity index (χ4v) is 2.95. The summed E-state index contributed by atoms with van der Waals surface area (Å²) in [7, 11) is 1.86. The third-order valence-electron chi connectivity index (χ3n) is 3.45. The molecule has 0 saturated carbocycles. The highest BCUT2D eigenvalue weighted by atomic mass is 35.5. The van der Waals surface area contributed by atoms with Gasteiger partial charge in [-0.25, -0.2) is 9.97 Å². The Bertz CT molecular complexity index is 618. The summed E-state index contributed by atoms with van der Waals surface area (Å²) in [5.74, 6) is 0.729. The van der Waals surface area contributed by atoms with Crippen LogP contribution in [0.2, 0.25) is 5.15 Å². The molecule has 1 aliphatic rings. The number of hydrogen-bond acceptors (Lipinski definition) is 5. The fraction of sp³-hybridized carbons (Fsp3) is 0.615. The molecule has 0 unspecified atom stereocenters. The number of nitrogens with zero attached hydrogens (tertiary/aromatic N) is 5. The van der Waals surface area contributed by atoms with Gasteiger partial charge in [0.15, 0.2) is 5.65 Å². The van der Waals surface area contributed by atoms with Gasteiger partial charge < -0.3 is 4.74 Å². The summed E-state index contributed by atoms with van der Waals surface area (Å²) in [5.41, 5.74) is 0.773. The molecule has 3 heterocycles. The van der Waals surface area contributed by atoms with Crippen LogP contribution in [0.25, 0.3) is 11.0 Å². The predicted molar refractivity (Wildman–Crippen MR) is 76.6 cm³/mol. The van der Waals surface area contributed by atoms with E-state index in [1.165, 1.54) is 0 Å². The van der Waals surface area contributed by atoms with E-state index >= 15 is 0 Å². The van der Waals surface area contributed by atoms with Crippen LogP contribution in [-0.4, -0.2) is 49.9 Å². The van der Waals surface area contributed by atoms with E-state index in [1.54, 1.807) is 10.9 Å². The van der Waals surface area contributed by atoms with Gasteiger partial charge in [-0.05, 0) is 13.8 Å². The summed E-state index contributed by atoms with van der Waals surface area (Å²) in [6, 6.07) is 0. The third kappa shape index (κ3) is 2.63. The van der Waals surface area contributed by atoms with Crippen molar-refractivity contribution in [2.75, 3.05) is 13.1 Å². The van der Waals surface area contributed by atoms with Gasteiger partial charge in [0, 0.05) is 20.1 Å². The van der Waals surface area contributed by atoms with E-state index in [4.69, 9.17) is 16.3 Å². The lowest BCUT2D eigenvalue weighted by molar-refractivity contribution is -0.0710. The number of halogens is 1. The first-order chi connectivity index (χ1) is 9.52. The molecule has 108 valence electrons. The van der Waals surface area contributed by atoms with Crippen LogP contribution in [0.5, 0.6) is 0 Å². The van der Waals surface area contributed by atoms with Crippen molar-refractivity contribution < 1.29 is 4.74 Å². The van der Waals surface area contributed by atoms with Gasteiger partial charge in [0.25, 0.3) is 0 Å². The maximum absolute atomic E-state index is 6.20. The molecule has 7 heteroatoms. The van der Waals surface area contributed by atoms with E-state index in [-0.39, 0.29) is 12.2 Å². The molecule has 2 aromatic heterocycles. The molecule has 1 aliphatic heterocycles. The highest BCUT2D eigenvalue weighted by Gasteiger charge is 2.23.